The Morgan fingerprint density at radius 1 is 1.13 bits per heavy atom. The predicted octanol–water partition coefficient (Wildman–Crippen LogP) is 5.33. The maximum absolute atomic E-state index is 13.0. The summed E-state index contributed by atoms with van der Waals surface area (Å²) >= 11 is 6.38. The minimum absolute atomic E-state index is 0.0748. The van der Waals surface area contributed by atoms with E-state index in [9.17, 15) is 23.1 Å². The van der Waals surface area contributed by atoms with Crippen LogP contribution in [0.2, 0.25) is 5.02 Å². The summed E-state index contributed by atoms with van der Waals surface area (Å²) < 4.78 is 32.4. The number of amides is 1. The van der Waals surface area contributed by atoms with Crippen molar-refractivity contribution < 1.29 is 27.9 Å². The number of fused-ring (bicyclic) bond motifs is 3. The molecule has 0 unspecified atom stereocenters. The SMILES string of the molecule is C[C@H](CC(=O)NC[C@@H]1CC[C@H]1CN1C[C@@]2(CCCc3cc(Cl)ccc32)COc2ccc(C(=O)O)cc21)[C@@H](C)S(=O)(=O)c1ncccn1. The van der Waals surface area contributed by atoms with Crippen molar-refractivity contribution in [3.63, 3.8) is 0 Å². The molecule has 250 valence electrons. The first kappa shape index (κ1) is 33.2. The van der Waals surface area contributed by atoms with Gasteiger partial charge in [-0.3, -0.25) is 4.79 Å². The largest absolute Gasteiger partial charge is 0.490 e. The van der Waals surface area contributed by atoms with Gasteiger partial charge in [0.2, 0.25) is 20.9 Å². The first-order valence-corrected chi connectivity index (χ1v) is 18.2. The summed E-state index contributed by atoms with van der Waals surface area (Å²) in [6.07, 6.45) is 7.74. The maximum Gasteiger partial charge on any atom is 0.335 e. The smallest absolute Gasteiger partial charge is 0.335 e. The highest BCUT2D eigenvalue weighted by molar-refractivity contribution is 7.91. The number of aromatic carboxylic acids is 1. The zero-order valence-electron chi connectivity index (χ0n) is 26.7. The van der Waals surface area contributed by atoms with E-state index in [0.29, 0.717) is 32.0 Å². The molecule has 2 aromatic carbocycles. The lowest BCUT2D eigenvalue weighted by atomic mass is 9.69. The summed E-state index contributed by atoms with van der Waals surface area (Å²) in [5.74, 6) is -0.390. The number of anilines is 1. The molecule has 5 atom stereocenters. The summed E-state index contributed by atoms with van der Waals surface area (Å²) in [6, 6.07) is 12.8. The van der Waals surface area contributed by atoms with E-state index in [-0.39, 0.29) is 40.3 Å². The average Bonchev–Trinajstić information content (AvgIpc) is 3.19. The Morgan fingerprint density at radius 3 is 2.62 bits per heavy atom. The van der Waals surface area contributed by atoms with Gasteiger partial charge in [-0.05, 0) is 104 Å². The van der Waals surface area contributed by atoms with Gasteiger partial charge in [0.05, 0.1) is 23.1 Å². The van der Waals surface area contributed by atoms with Gasteiger partial charge in [-0.2, -0.15) is 0 Å². The number of halogens is 1. The second-order valence-corrected chi connectivity index (χ2v) is 16.1. The topological polar surface area (TPSA) is 139 Å². The lowest BCUT2D eigenvalue weighted by molar-refractivity contribution is -0.122. The number of carbonyl (C=O) groups is 2. The van der Waals surface area contributed by atoms with Crippen LogP contribution in [-0.2, 0) is 26.5 Å². The molecule has 2 aliphatic carbocycles. The number of ether oxygens (including phenoxy) is 1. The van der Waals surface area contributed by atoms with Crippen molar-refractivity contribution in [2.75, 3.05) is 31.1 Å². The lowest BCUT2D eigenvalue weighted by Gasteiger charge is -2.44. The fourth-order valence-electron chi connectivity index (χ4n) is 7.36. The van der Waals surface area contributed by atoms with Gasteiger partial charge in [0.25, 0.3) is 0 Å². The number of nitrogens with one attached hydrogen (secondary N) is 1. The van der Waals surface area contributed by atoms with E-state index < -0.39 is 27.0 Å². The van der Waals surface area contributed by atoms with Crippen LogP contribution in [0, 0.1) is 17.8 Å². The summed E-state index contributed by atoms with van der Waals surface area (Å²) in [4.78, 5) is 35.0. The number of hydrogen-bond donors (Lipinski definition) is 2. The number of carboxylic acid groups (broad SMARTS) is 1. The number of aromatic nitrogens is 2. The highest BCUT2D eigenvalue weighted by Crippen LogP contribution is 2.46. The summed E-state index contributed by atoms with van der Waals surface area (Å²) in [5, 5.41) is 12.5. The molecule has 1 aromatic heterocycles. The minimum Gasteiger partial charge on any atom is -0.490 e. The minimum atomic E-state index is -3.76. The number of hydrogen-bond acceptors (Lipinski definition) is 8. The zero-order chi connectivity index (χ0) is 33.3. The molecule has 0 radical (unpaired) electrons. The first-order chi connectivity index (χ1) is 22.5. The number of aryl methyl sites for hydroxylation is 1. The molecule has 2 N–H and O–H groups in total. The molecule has 2 heterocycles. The van der Waals surface area contributed by atoms with Gasteiger partial charge in [-0.1, -0.05) is 24.6 Å². The highest BCUT2D eigenvalue weighted by Gasteiger charge is 2.43. The average molecular weight is 681 g/mol. The Hall–Kier alpha value is -3.70. The van der Waals surface area contributed by atoms with Crippen LogP contribution in [0.25, 0.3) is 0 Å². The molecule has 1 fully saturated rings. The van der Waals surface area contributed by atoms with Crippen molar-refractivity contribution in [3.8, 4) is 5.75 Å². The zero-order valence-corrected chi connectivity index (χ0v) is 28.3. The van der Waals surface area contributed by atoms with Crippen molar-refractivity contribution >= 4 is 39.0 Å². The molecule has 1 amide bonds. The third kappa shape index (κ3) is 6.83. The molecule has 6 rings (SSSR count). The molecular formula is C35H41ClN4O6S. The third-order valence-electron chi connectivity index (χ3n) is 10.5. The van der Waals surface area contributed by atoms with Crippen molar-refractivity contribution in [1.29, 1.82) is 0 Å². The van der Waals surface area contributed by atoms with Crippen LogP contribution in [0.3, 0.4) is 0 Å². The van der Waals surface area contributed by atoms with Gasteiger partial charge < -0.3 is 20.1 Å². The van der Waals surface area contributed by atoms with Gasteiger partial charge in [-0.15, -0.1) is 0 Å². The fourth-order valence-corrected chi connectivity index (χ4v) is 9.01. The molecular weight excluding hydrogens is 640 g/mol. The van der Waals surface area contributed by atoms with Crippen LogP contribution < -0.4 is 15.0 Å². The van der Waals surface area contributed by atoms with E-state index in [2.05, 4.69) is 32.3 Å². The molecule has 47 heavy (non-hydrogen) atoms. The quantitative estimate of drug-likeness (QED) is 0.272. The van der Waals surface area contributed by atoms with Crippen molar-refractivity contribution in [1.82, 2.24) is 15.3 Å². The molecule has 1 aliphatic heterocycles. The van der Waals surface area contributed by atoms with E-state index >= 15 is 0 Å². The molecule has 0 saturated heterocycles. The molecule has 12 heteroatoms. The number of rotatable bonds is 10. The molecule has 1 saturated carbocycles. The fraction of sp³-hybridized carbons (Fsp3) is 0.486. The van der Waals surface area contributed by atoms with Crippen LogP contribution in [-0.4, -0.2) is 66.9 Å². The molecule has 3 aromatic rings. The highest BCUT2D eigenvalue weighted by atomic mass is 35.5. The molecule has 1 spiro atoms. The van der Waals surface area contributed by atoms with Gasteiger partial charge in [0.1, 0.15) is 5.75 Å². The van der Waals surface area contributed by atoms with E-state index in [4.69, 9.17) is 16.3 Å². The van der Waals surface area contributed by atoms with Crippen LogP contribution in [0.5, 0.6) is 5.75 Å². The second kappa shape index (κ2) is 13.4. The first-order valence-electron chi connectivity index (χ1n) is 16.3. The van der Waals surface area contributed by atoms with Crippen LogP contribution in [0.4, 0.5) is 5.69 Å². The maximum atomic E-state index is 13.0. The Balaban J connectivity index is 1.15. The summed E-state index contributed by atoms with van der Waals surface area (Å²) in [7, 11) is -3.76. The standard InChI is InChI=1S/C35H41ClN4O6S/c1-22(23(2)47(44,45)34-37-13-4-14-38-34)15-32(41)39-18-26-6-7-27(26)19-40-20-35(12-3-5-24-16-28(36)9-10-29(24)35)21-46-31-11-8-25(33(42)43)17-30(31)40/h4,8-11,13-14,16-17,22-23,26-27H,3,5-7,12,15,18-21H2,1-2H3,(H,39,41)(H,42,43)/t22-,23-,26+,27+,35+/m1/s1. The Kier molecular flexibility index (Phi) is 9.49. The molecule has 0 bridgehead atoms. The number of carboxylic acids is 1. The van der Waals surface area contributed by atoms with Crippen LogP contribution in [0.1, 0.15) is 67.4 Å². The van der Waals surface area contributed by atoms with Gasteiger partial charge >= 0.3 is 5.97 Å². The van der Waals surface area contributed by atoms with E-state index in [1.165, 1.54) is 23.5 Å². The number of nitrogens with zero attached hydrogens (tertiary/aromatic N) is 3. The van der Waals surface area contributed by atoms with Gasteiger partial charge in [0, 0.05) is 48.9 Å². The van der Waals surface area contributed by atoms with Crippen LogP contribution >= 0.6 is 11.6 Å². The van der Waals surface area contributed by atoms with Crippen molar-refractivity contribution in [2.24, 2.45) is 17.8 Å². The Morgan fingerprint density at radius 2 is 1.89 bits per heavy atom. The summed E-state index contributed by atoms with van der Waals surface area (Å²) in [5.41, 5.74) is 3.20. The van der Waals surface area contributed by atoms with E-state index in [1.807, 2.05) is 6.07 Å². The predicted molar refractivity (Wildman–Crippen MR) is 179 cm³/mol. The second-order valence-electron chi connectivity index (χ2n) is 13.5. The van der Waals surface area contributed by atoms with E-state index in [0.717, 1.165) is 42.8 Å². The monoisotopic (exact) mass is 680 g/mol. The normalized spacial score (nSPS) is 23.3. The molecule has 3 aliphatic rings. The van der Waals surface area contributed by atoms with Crippen LogP contribution in [0.15, 0.2) is 60.0 Å². The van der Waals surface area contributed by atoms with Gasteiger partial charge in [0.15, 0.2) is 0 Å². The lowest BCUT2D eigenvalue weighted by Crippen LogP contribution is -2.49. The van der Waals surface area contributed by atoms with Gasteiger partial charge in [-0.25, -0.2) is 23.2 Å². The number of benzene rings is 2. The Labute approximate surface area is 280 Å². The van der Waals surface area contributed by atoms with Crippen molar-refractivity contribution in [2.45, 2.75) is 68.2 Å². The van der Waals surface area contributed by atoms with E-state index in [1.54, 1.807) is 38.1 Å². The number of sulfone groups is 1. The summed E-state index contributed by atoms with van der Waals surface area (Å²) in [6.45, 7) is 5.72. The van der Waals surface area contributed by atoms with Crippen molar-refractivity contribution in [3.05, 3.63) is 76.6 Å². The third-order valence-corrected chi connectivity index (χ3v) is 12.9. The molecule has 10 nitrogen and oxygen atoms in total. The number of carbonyl (C=O) groups excluding carboxylic acids is 1. The Bertz CT molecular complexity index is 1760.